The third-order valence-electron chi connectivity index (χ3n) is 1.82. The van der Waals surface area contributed by atoms with Crippen molar-refractivity contribution in [3.63, 3.8) is 0 Å². The van der Waals surface area contributed by atoms with Crippen LogP contribution in [0.5, 0.6) is 0 Å². The molecule has 0 saturated heterocycles. The maximum atomic E-state index is 11.3. The van der Waals surface area contributed by atoms with E-state index in [0.717, 1.165) is 4.57 Å². The maximum Gasteiger partial charge on any atom is 0.327 e. The molecule has 2 aromatic rings. The number of carboxylic acids is 1. The fourth-order valence-electron chi connectivity index (χ4n) is 1.28. The lowest BCUT2D eigenvalue weighted by molar-refractivity contribution is -0.137. The molecule has 0 unspecified atom stereocenters. The van der Waals surface area contributed by atoms with Gasteiger partial charge < -0.3 is 9.67 Å². The van der Waals surface area contributed by atoms with E-state index in [0.29, 0.717) is 0 Å². The first-order valence-electron chi connectivity index (χ1n) is 3.97. The highest BCUT2D eigenvalue weighted by molar-refractivity contribution is 5.73. The smallest absolute Gasteiger partial charge is 0.327 e. The average Bonchev–Trinajstić information content (AvgIpc) is 2.46. The second-order valence-corrected chi connectivity index (χ2v) is 2.87. The lowest BCUT2D eigenvalue weighted by atomic mass is 10.5. The number of nitrogens with one attached hydrogen (secondary N) is 2. The number of hydrogen-bond donors (Lipinski definition) is 3. The first-order chi connectivity index (χ1) is 7.08. The Balaban J connectivity index is 2.74. The van der Waals surface area contributed by atoms with Crippen LogP contribution in [0.3, 0.4) is 0 Å². The Morgan fingerprint density at radius 3 is 2.87 bits per heavy atom. The minimum absolute atomic E-state index is 0.0389. The number of carbonyl (C=O) groups is 1. The van der Waals surface area contributed by atoms with E-state index in [9.17, 15) is 14.4 Å². The Labute approximate surface area is 81.2 Å². The van der Waals surface area contributed by atoms with Gasteiger partial charge in [0.05, 0.1) is 6.33 Å². The molecule has 2 heterocycles. The summed E-state index contributed by atoms with van der Waals surface area (Å²) >= 11 is 0. The number of hydrogen-bond acceptors (Lipinski definition) is 4. The quantitative estimate of drug-likeness (QED) is 0.556. The van der Waals surface area contributed by atoms with Gasteiger partial charge in [0.2, 0.25) is 0 Å². The van der Waals surface area contributed by atoms with Gasteiger partial charge in [-0.3, -0.25) is 19.6 Å². The third-order valence-corrected chi connectivity index (χ3v) is 1.82. The van der Waals surface area contributed by atoms with Gasteiger partial charge in [-0.05, 0) is 0 Å². The predicted octanol–water partition coefficient (Wildman–Crippen LogP) is -1.50. The average molecular weight is 210 g/mol. The van der Waals surface area contributed by atoms with Gasteiger partial charge in [-0.25, -0.2) is 9.78 Å². The molecule has 2 aromatic heterocycles. The molecule has 2 rings (SSSR count). The van der Waals surface area contributed by atoms with Gasteiger partial charge in [-0.1, -0.05) is 0 Å². The number of H-pyrrole nitrogens is 2. The Bertz CT molecular complexity index is 634. The van der Waals surface area contributed by atoms with Crippen LogP contribution in [0.2, 0.25) is 0 Å². The molecule has 8 nitrogen and oxygen atoms in total. The van der Waals surface area contributed by atoms with Gasteiger partial charge in [0.1, 0.15) is 6.54 Å². The first-order valence-corrected chi connectivity index (χ1v) is 3.97. The summed E-state index contributed by atoms with van der Waals surface area (Å²) in [5, 5.41) is 8.56. The van der Waals surface area contributed by atoms with Crippen molar-refractivity contribution in [1.82, 2.24) is 19.5 Å². The van der Waals surface area contributed by atoms with Crippen LogP contribution in [0, 0.1) is 0 Å². The van der Waals surface area contributed by atoms with Crippen LogP contribution in [0.25, 0.3) is 11.2 Å². The molecule has 0 aromatic carbocycles. The van der Waals surface area contributed by atoms with Gasteiger partial charge in [-0.2, -0.15) is 0 Å². The van der Waals surface area contributed by atoms with Gasteiger partial charge in [-0.15, -0.1) is 0 Å². The number of imidazole rings is 1. The summed E-state index contributed by atoms with van der Waals surface area (Å²) in [5.74, 6) is -1.10. The van der Waals surface area contributed by atoms with Crippen LogP contribution in [0.15, 0.2) is 15.9 Å². The predicted molar refractivity (Wildman–Crippen MR) is 48.6 cm³/mol. The molecule has 78 valence electrons. The molecule has 15 heavy (non-hydrogen) atoms. The molecule has 0 saturated carbocycles. The van der Waals surface area contributed by atoms with Crippen LogP contribution in [-0.4, -0.2) is 30.6 Å². The van der Waals surface area contributed by atoms with Crippen LogP contribution < -0.4 is 11.2 Å². The number of carboxylic acid groups (broad SMARTS) is 1. The highest BCUT2D eigenvalue weighted by Gasteiger charge is 2.10. The highest BCUT2D eigenvalue weighted by atomic mass is 16.4. The van der Waals surface area contributed by atoms with Crippen molar-refractivity contribution in [2.24, 2.45) is 0 Å². The number of fused-ring (bicyclic) bond motifs is 1. The summed E-state index contributed by atoms with van der Waals surface area (Å²) in [7, 11) is 0. The van der Waals surface area contributed by atoms with Crippen molar-refractivity contribution >= 4 is 17.1 Å². The Morgan fingerprint density at radius 1 is 1.47 bits per heavy atom. The summed E-state index contributed by atoms with van der Waals surface area (Å²) < 4.78 is 1.15. The van der Waals surface area contributed by atoms with Gasteiger partial charge in [0, 0.05) is 0 Å². The van der Waals surface area contributed by atoms with E-state index in [2.05, 4.69) is 9.97 Å². The summed E-state index contributed by atoms with van der Waals surface area (Å²) in [4.78, 5) is 40.6. The fourth-order valence-corrected chi connectivity index (χ4v) is 1.28. The van der Waals surface area contributed by atoms with Crippen molar-refractivity contribution in [2.75, 3.05) is 0 Å². The molecule has 0 aliphatic rings. The Morgan fingerprint density at radius 2 is 2.20 bits per heavy atom. The molecule has 0 bridgehead atoms. The van der Waals surface area contributed by atoms with Crippen molar-refractivity contribution in [2.45, 2.75) is 6.54 Å². The van der Waals surface area contributed by atoms with Crippen LogP contribution in [0.4, 0.5) is 0 Å². The lowest BCUT2D eigenvalue weighted by Gasteiger charge is -1.96. The zero-order chi connectivity index (χ0) is 11.0. The topological polar surface area (TPSA) is 121 Å². The second-order valence-electron chi connectivity index (χ2n) is 2.87. The summed E-state index contributed by atoms with van der Waals surface area (Å²) in [6, 6.07) is 0. The molecule has 0 aliphatic heterocycles. The van der Waals surface area contributed by atoms with Crippen LogP contribution >= 0.6 is 0 Å². The Kier molecular flexibility index (Phi) is 1.89. The molecule has 0 spiro atoms. The van der Waals surface area contributed by atoms with E-state index in [-0.39, 0.29) is 17.7 Å². The van der Waals surface area contributed by atoms with Crippen LogP contribution in [0.1, 0.15) is 0 Å². The molecular weight excluding hydrogens is 204 g/mol. The normalized spacial score (nSPS) is 10.7. The standard InChI is InChI=1S/C7H6N4O4/c12-3(13)1-11-2-8-5-4(11)6(14)10-7(15)9-5/h2H,1H2,(H,12,13)(H2,9,10,14,15). The van der Waals surface area contributed by atoms with E-state index in [1.54, 1.807) is 0 Å². The number of rotatable bonds is 2. The van der Waals surface area contributed by atoms with Crippen molar-refractivity contribution in [3.8, 4) is 0 Å². The van der Waals surface area contributed by atoms with Gasteiger partial charge in [0.25, 0.3) is 5.56 Å². The molecule has 8 heteroatoms. The van der Waals surface area contributed by atoms with Crippen molar-refractivity contribution < 1.29 is 9.90 Å². The summed E-state index contributed by atoms with van der Waals surface area (Å²) in [6.45, 7) is -0.383. The molecule has 0 aliphatic carbocycles. The van der Waals surface area contributed by atoms with Gasteiger partial charge >= 0.3 is 11.7 Å². The first kappa shape index (κ1) is 9.19. The fraction of sp³-hybridized carbons (Fsp3) is 0.143. The van der Waals surface area contributed by atoms with Gasteiger partial charge in [0.15, 0.2) is 11.2 Å². The minimum Gasteiger partial charge on any atom is -0.480 e. The monoisotopic (exact) mass is 210 g/mol. The highest BCUT2D eigenvalue weighted by Crippen LogP contribution is 2.01. The zero-order valence-corrected chi connectivity index (χ0v) is 7.35. The molecule has 0 atom stereocenters. The van der Waals surface area contributed by atoms with E-state index in [1.165, 1.54) is 6.33 Å². The van der Waals surface area contributed by atoms with E-state index in [1.807, 2.05) is 4.98 Å². The number of aromatic amines is 2. The van der Waals surface area contributed by atoms with Crippen LogP contribution in [-0.2, 0) is 11.3 Å². The van der Waals surface area contributed by atoms with Crippen molar-refractivity contribution in [1.29, 1.82) is 0 Å². The summed E-state index contributed by atoms with van der Waals surface area (Å²) in [6.07, 6.45) is 1.18. The molecular formula is C7H6N4O4. The van der Waals surface area contributed by atoms with Crippen molar-refractivity contribution in [3.05, 3.63) is 27.2 Å². The molecule has 0 radical (unpaired) electrons. The minimum atomic E-state index is -1.10. The van der Waals surface area contributed by atoms with E-state index < -0.39 is 17.2 Å². The summed E-state index contributed by atoms with van der Waals surface area (Å²) in [5.41, 5.74) is -1.22. The number of nitrogens with zero attached hydrogens (tertiary/aromatic N) is 2. The lowest BCUT2D eigenvalue weighted by Crippen LogP contribution is -2.24. The Hall–Kier alpha value is -2.38. The number of aliphatic carboxylic acids is 1. The number of aromatic nitrogens is 4. The third kappa shape index (κ3) is 1.52. The largest absolute Gasteiger partial charge is 0.480 e. The zero-order valence-electron chi connectivity index (χ0n) is 7.35. The molecule has 3 N–H and O–H groups in total. The SMILES string of the molecule is O=C(O)Cn1cnc2[nH]c(=O)[nH]c(=O)c21. The maximum absolute atomic E-state index is 11.3. The molecule has 0 fully saturated rings. The molecule has 0 amide bonds. The second kappa shape index (κ2) is 3.08. The van der Waals surface area contributed by atoms with E-state index >= 15 is 0 Å². The van der Waals surface area contributed by atoms with E-state index in [4.69, 9.17) is 5.11 Å².